The van der Waals surface area contributed by atoms with Crippen molar-refractivity contribution in [3.8, 4) is 6.07 Å². The van der Waals surface area contributed by atoms with Gasteiger partial charge in [-0.1, -0.05) is 20.3 Å². The molecule has 5 heteroatoms. The minimum atomic E-state index is -0.805. The summed E-state index contributed by atoms with van der Waals surface area (Å²) in [5.74, 6) is -0.0963. The Morgan fingerprint density at radius 2 is 2.26 bits per heavy atom. The largest absolute Gasteiger partial charge is 0.387 e. The van der Waals surface area contributed by atoms with Crippen LogP contribution in [0, 0.1) is 16.7 Å². The number of carbonyl (C=O) groups excluding carboxylic acids is 1. The number of pyridine rings is 1. The van der Waals surface area contributed by atoms with Crippen molar-refractivity contribution >= 4 is 5.91 Å². The number of carbonyl (C=O) groups is 1. The molecule has 1 aliphatic heterocycles. The van der Waals surface area contributed by atoms with E-state index in [4.69, 9.17) is 0 Å². The Morgan fingerprint density at radius 1 is 1.48 bits per heavy atom. The van der Waals surface area contributed by atoms with Gasteiger partial charge >= 0.3 is 0 Å². The lowest BCUT2D eigenvalue weighted by Crippen LogP contribution is -2.36. The molecule has 1 aromatic rings. The number of nitriles is 1. The first-order valence-corrected chi connectivity index (χ1v) is 7.93. The maximum absolute atomic E-state index is 12.6. The molecule has 1 unspecified atom stereocenters. The Morgan fingerprint density at radius 3 is 2.91 bits per heavy atom. The summed E-state index contributed by atoms with van der Waals surface area (Å²) in [6.07, 6.45) is 6.63. The fraction of sp³-hybridized carbons (Fsp3) is 0.500. The highest BCUT2D eigenvalue weighted by Crippen LogP contribution is 2.32. The number of nitrogens with zero attached hydrogens (tertiary/aromatic N) is 3. The molecule has 1 amide bonds. The zero-order valence-corrected chi connectivity index (χ0v) is 13.7. The lowest BCUT2D eigenvalue weighted by atomic mass is 9.78. The predicted octanol–water partition coefficient (Wildman–Crippen LogP) is 2.54. The van der Waals surface area contributed by atoms with Gasteiger partial charge in [-0.05, 0) is 36.5 Å². The van der Waals surface area contributed by atoms with Crippen molar-refractivity contribution < 1.29 is 9.90 Å². The van der Waals surface area contributed by atoms with E-state index >= 15 is 0 Å². The summed E-state index contributed by atoms with van der Waals surface area (Å²) in [5.41, 5.74) is 0.537. The fourth-order valence-electron chi connectivity index (χ4n) is 2.82. The van der Waals surface area contributed by atoms with Crippen molar-refractivity contribution in [1.29, 1.82) is 5.26 Å². The van der Waals surface area contributed by atoms with Gasteiger partial charge in [0.05, 0.1) is 23.3 Å². The van der Waals surface area contributed by atoms with E-state index in [1.165, 1.54) is 0 Å². The van der Waals surface area contributed by atoms with E-state index in [1.54, 1.807) is 35.5 Å². The van der Waals surface area contributed by atoms with E-state index in [0.717, 1.165) is 19.3 Å². The first kappa shape index (κ1) is 17.2. The van der Waals surface area contributed by atoms with E-state index in [1.807, 2.05) is 13.8 Å². The quantitative estimate of drug-likeness (QED) is 0.864. The normalized spacial score (nSPS) is 24.2. The Kier molecular flexibility index (Phi) is 5.51. The number of aliphatic hydroxyl groups excluding tert-OH is 1. The summed E-state index contributed by atoms with van der Waals surface area (Å²) in [7, 11) is 0. The van der Waals surface area contributed by atoms with E-state index in [9.17, 15) is 15.2 Å². The highest BCUT2D eigenvalue weighted by Gasteiger charge is 2.31. The molecule has 0 spiro atoms. The van der Waals surface area contributed by atoms with Crippen LogP contribution in [0.4, 0.5) is 0 Å². The van der Waals surface area contributed by atoms with Crippen molar-refractivity contribution in [1.82, 2.24) is 9.88 Å². The minimum absolute atomic E-state index is 0.0963. The molecule has 0 radical (unpaired) electrons. The highest BCUT2D eigenvalue weighted by atomic mass is 16.3. The molecular formula is C18H23N3O2. The molecular weight excluding hydrogens is 290 g/mol. The molecule has 0 fully saturated rings. The van der Waals surface area contributed by atoms with Crippen LogP contribution in [0.15, 0.2) is 36.2 Å². The van der Waals surface area contributed by atoms with Crippen LogP contribution in [0.2, 0.25) is 0 Å². The second kappa shape index (κ2) is 7.38. The minimum Gasteiger partial charge on any atom is -0.387 e. The third-order valence-corrected chi connectivity index (χ3v) is 4.39. The van der Waals surface area contributed by atoms with Gasteiger partial charge in [0.25, 0.3) is 5.91 Å². The summed E-state index contributed by atoms with van der Waals surface area (Å²) in [4.78, 5) is 18.3. The van der Waals surface area contributed by atoms with Crippen LogP contribution in [0.3, 0.4) is 0 Å². The van der Waals surface area contributed by atoms with Gasteiger partial charge in [0.15, 0.2) is 0 Å². The van der Waals surface area contributed by atoms with Gasteiger partial charge in [0.2, 0.25) is 0 Å². The molecule has 1 N–H and O–H groups in total. The van der Waals surface area contributed by atoms with Crippen LogP contribution in [-0.2, 0) is 0 Å². The smallest absolute Gasteiger partial charge is 0.255 e. The summed E-state index contributed by atoms with van der Waals surface area (Å²) in [6.45, 7) is 4.91. The van der Waals surface area contributed by atoms with Crippen molar-refractivity contribution in [3.63, 3.8) is 0 Å². The zero-order valence-electron chi connectivity index (χ0n) is 13.7. The summed E-state index contributed by atoms with van der Waals surface area (Å²) in [6, 6.07) is 5.56. The lowest BCUT2D eigenvalue weighted by Gasteiger charge is -2.32. The first-order valence-electron chi connectivity index (χ1n) is 7.93. The second-order valence-corrected chi connectivity index (χ2v) is 6.61. The molecule has 1 aliphatic rings. The van der Waals surface area contributed by atoms with Crippen molar-refractivity contribution in [2.24, 2.45) is 5.41 Å². The third kappa shape index (κ3) is 4.17. The lowest BCUT2D eigenvalue weighted by molar-refractivity contribution is 0.0674. The fourth-order valence-corrected chi connectivity index (χ4v) is 2.82. The van der Waals surface area contributed by atoms with Gasteiger partial charge in [0.1, 0.15) is 0 Å². The number of amides is 1. The molecule has 2 rings (SSSR count). The molecule has 5 nitrogen and oxygen atoms in total. The standard InChI is InChI=1S/C18H23N3O2/c1-18(2)8-3-4-10-21(11-7-14(12-19)16(18)22)17(23)15-6-5-9-20-13-15/h5-7,9,13,16,22H,3-4,8,10-11H2,1-2H3/b14-7-. The Hall–Kier alpha value is -2.19. The molecule has 1 atom stereocenters. The molecule has 0 saturated heterocycles. The summed E-state index contributed by atoms with van der Waals surface area (Å²) in [5, 5.41) is 19.8. The van der Waals surface area contributed by atoms with Crippen molar-refractivity contribution in [2.75, 3.05) is 13.1 Å². The summed E-state index contributed by atoms with van der Waals surface area (Å²) < 4.78 is 0. The van der Waals surface area contributed by atoms with Gasteiger partial charge in [-0.25, -0.2) is 0 Å². The first-order chi connectivity index (χ1) is 11.0. The van der Waals surface area contributed by atoms with Crippen LogP contribution in [0.5, 0.6) is 0 Å². The van der Waals surface area contributed by atoms with Crippen LogP contribution < -0.4 is 0 Å². The number of aromatic nitrogens is 1. The molecule has 23 heavy (non-hydrogen) atoms. The number of rotatable bonds is 1. The van der Waals surface area contributed by atoms with E-state index in [0.29, 0.717) is 24.2 Å². The van der Waals surface area contributed by atoms with E-state index in [2.05, 4.69) is 11.1 Å². The van der Waals surface area contributed by atoms with Crippen molar-refractivity contribution in [3.05, 3.63) is 41.7 Å². The van der Waals surface area contributed by atoms with Crippen LogP contribution in [0.25, 0.3) is 0 Å². The maximum atomic E-state index is 12.6. The van der Waals surface area contributed by atoms with Gasteiger partial charge in [-0.2, -0.15) is 5.26 Å². The molecule has 2 heterocycles. The van der Waals surface area contributed by atoms with Gasteiger partial charge < -0.3 is 10.0 Å². The molecule has 1 aromatic heterocycles. The second-order valence-electron chi connectivity index (χ2n) is 6.61. The van der Waals surface area contributed by atoms with E-state index < -0.39 is 6.10 Å². The zero-order chi connectivity index (χ0) is 16.9. The SMILES string of the molecule is CC1(C)CCCCN(C(=O)c2cccnc2)C/C=C(/C#N)C1O. The molecule has 0 aliphatic carbocycles. The molecule has 0 bridgehead atoms. The highest BCUT2D eigenvalue weighted by molar-refractivity contribution is 5.94. The van der Waals surface area contributed by atoms with Gasteiger partial charge in [-0.15, -0.1) is 0 Å². The van der Waals surface area contributed by atoms with Crippen LogP contribution in [0.1, 0.15) is 43.5 Å². The van der Waals surface area contributed by atoms with Crippen LogP contribution >= 0.6 is 0 Å². The summed E-state index contributed by atoms with van der Waals surface area (Å²) >= 11 is 0. The van der Waals surface area contributed by atoms with Gasteiger partial charge in [-0.3, -0.25) is 9.78 Å². The van der Waals surface area contributed by atoms with E-state index in [-0.39, 0.29) is 11.3 Å². The number of hydrogen-bond donors (Lipinski definition) is 1. The van der Waals surface area contributed by atoms with Crippen LogP contribution in [-0.4, -0.2) is 40.1 Å². The third-order valence-electron chi connectivity index (χ3n) is 4.39. The Bertz CT molecular complexity index is 617. The maximum Gasteiger partial charge on any atom is 0.255 e. The molecule has 0 saturated carbocycles. The Balaban J connectivity index is 2.24. The average Bonchev–Trinajstić information content (AvgIpc) is 2.56. The molecule has 122 valence electrons. The molecule has 0 aromatic carbocycles. The number of hydrogen-bond acceptors (Lipinski definition) is 4. The monoisotopic (exact) mass is 313 g/mol. The topological polar surface area (TPSA) is 77.2 Å². The Labute approximate surface area is 137 Å². The number of aliphatic hydroxyl groups is 1. The van der Waals surface area contributed by atoms with Crippen molar-refractivity contribution in [2.45, 2.75) is 39.2 Å². The predicted molar refractivity (Wildman–Crippen MR) is 87.5 cm³/mol. The average molecular weight is 313 g/mol. The van der Waals surface area contributed by atoms with Gasteiger partial charge in [0, 0.05) is 25.5 Å².